The Bertz CT molecular complexity index is 1280. The number of piperidine rings is 1. The second kappa shape index (κ2) is 10.2. The molecular weight excluding hydrogens is 464 g/mol. The minimum Gasteiger partial charge on any atom is -0.457 e. The summed E-state index contributed by atoms with van der Waals surface area (Å²) in [5.41, 5.74) is 5.43. The van der Waals surface area contributed by atoms with Crippen LogP contribution in [0, 0.1) is 0 Å². The highest BCUT2D eigenvalue weighted by Gasteiger charge is 2.28. The number of benzene rings is 1. The lowest BCUT2D eigenvalue weighted by Gasteiger charge is -2.36. The van der Waals surface area contributed by atoms with Crippen LogP contribution in [0.1, 0.15) is 25.7 Å². The molecule has 11 nitrogen and oxygen atoms in total. The summed E-state index contributed by atoms with van der Waals surface area (Å²) in [6, 6.07) is 10.6. The summed E-state index contributed by atoms with van der Waals surface area (Å²) >= 11 is 0. The summed E-state index contributed by atoms with van der Waals surface area (Å²) in [4.78, 5) is 44.5. The maximum Gasteiger partial charge on any atom is 0.427 e. The molecule has 0 atom stereocenters. The first kappa shape index (κ1) is 23.6. The molecular formula is C25H28N6O5. The van der Waals surface area contributed by atoms with Gasteiger partial charge in [0.1, 0.15) is 17.3 Å². The van der Waals surface area contributed by atoms with Crippen LogP contribution in [-0.4, -0.2) is 69.8 Å². The number of ether oxygens (including phenoxy) is 2. The summed E-state index contributed by atoms with van der Waals surface area (Å²) in [5.74, 6) is 1.29. The van der Waals surface area contributed by atoms with Crippen molar-refractivity contribution in [1.29, 1.82) is 0 Å². The van der Waals surface area contributed by atoms with Crippen molar-refractivity contribution in [2.75, 3.05) is 31.5 Å². The molecule has 11 heteroatoms. The molecule has 0 radical (unpaired) electrons. The van der Waals surface area contributed by atoms with E-state index >= 15 is 0 Å². The summed E-state index contributed by atoms with van der Waals surface area (Å²) in [7, 11) is 0. The molecule has 36 heavy (non-hydrogen) atoms. The molecule has 188 valence electrons. The van der Waals surface area contributed by atoms with Crippen LogP contribution in [-0.2, 0) is 4.74 Å². The van der Waals surface area contributed by atoms with E-state index in [0.717, 1.165) is 35.9 Å². The molecule has 2 fully saturated rings. The number of nitrogens with zero attached hydrogens (tertiary/aromatic N) is 4. The predicted molar refractivity (Wildman–Crippen MR) is 132 cm³/mol. The molecule has 0 spiro atoms. The van der Waals surface area contributed by atoms with Gasteiger partial charge in [-0.05, 0) is 63.0 Å². The number of fused-ring (bicyclic) bond motifs is 1. The van der Waals surface area contributed by atoms with Crippen molar-refractivity contribution >= 4 is 34.9 Å². The summed E-state index contributed by atoms with van der Waals surface area (Å²) in [6.07, 6.45) is 5.46. The average Bonchev–Trinajstić information content (AvgIpc) is 3.54. The number of carbonyl (C=O) groups is 3. The molecule has 3 amide bonds. The molecule has 2 aliphatic rings. The van der Waals surface area contributed by atoms with Gasteiger partial charge in [0.2, 0.25) is 0 Å². The lowest BCUT2D eigenvalue weighted by molar-refractivity contribution is 0.140. The van der Waals surface area contributed by atoms with Crippen molar-refractivity contribution in [3.63, 3.8) is 0 Å². The Morgan fingerprint density at radius 2 is 1.72 bits per heavy atom. The fraction of sp³-hybridized carbons (Fsp3) is 0.360. The largest absolute Gasteiger partial charge is 0.457 e. The van der Waals surface area contributed by atoms with Crippen LogP contribution < -0.4 is 15.8 Å². The number of carbonyl (C=O) groups excluding carboxylic acids is 3. The SMILES string of the molecule is NC(=O)OC(=O)n1ccc2ccc(Oc3ccnc(NC(=O)N4CCC(N5CCCC5)CC4)c3)cc21. The Balaban J connectivity index is 1.22. The highest BCUT2D eigenvalue weighted by atomic mass is 16.6. The zero-order valence-corrected chi connectivity index (χ0v) is 19.8. The molecule has 3 aromatic rings. The summed E-state index contributed by atoms with van der Waals surface area (Å²) < 4.78 is 11.6. The third-order valence-electron chi connectivity index (χ3n) is 6.66. The summed E-state index contributed by atoms with van der Waals surface area (Å²) in [5, 5.41) is 3.61. The van der Waals surface area contributed by atoms with E-state index in [1.807, 2.05) is 4.90 Å². The number of hydrogen-bond donors (Lipinski definition) is 2. The highest BCUT2D eigenvalue weighted by Crippen LogP contribution is 2.28. The van der Waals surface area contributed by atoms with Gasteiger partial charge in [0.25, 0.3) is 0 Å². The first-order chi connectivity index (χ1) is 17.5. The zero-order valence-electron chi connectivity index (χ0n) is 19.8. The monoisotopic (exact) mass is 492 g/mol. The molecule has 1 aromatic carbocycles. The topological polar surface area (TPSA) is 132 Å². The Labute approximate surface area is 207 Å². The normalized spacial score (nSPS) is 16.7. The molecule has 4 heterocycles. The van der Waals surface area contributed by atoms with Gasteiger partial charge >= 0.3 is 18.2 Å². The number of amides is 3. The molecule has 0 aliphatic carbocycles. The van der Waals surface area contributed by atoms with Gasteiger partial charge in [-0.1, -0.05) is 0 Å². The molecule has 2 aliphatic heterocycles. The molecule has 3 N–H and O–H groups in total. The van der Waals surface area contributed by atoms with Crippen molar-refractivity contribution in [3.8, 4) is 11.5 Å². The summed E-state index contributed by atoms with van der Waals surface area (Å²) in [6.45, 7) is 3.79. The number of nitrogens with one attached hydrogen (secondary N) is 1. The van der Waals surface area contributed by atoms with Gasteiger partial charge in [0.15, 0.2) is 0 Å². The number of pyridine rings is 1. The van der Waals surface area contributed by atoms with Gasteiger partial charge in [-0.15, -0.1) is 0 Å². The Kier molecular flexibility index (Phi) is 6.72. The van der Waals surface area contributed by atoms with Crippen molar-refractivity contribution in [2.45, 2.75) is 31.7 Å². The number of aromatic nitrogens is 2. The van der Waals surface area contributed by atoms with Crippen LogP contribution in [0.3, 0.4) is 0 Å². The number of urea groups is 1. The number of nitrogens with two attached hydrogens (primary N) is 1. The van der Waals surface area contributed by atoms with Crippen LogP contribution in [0.15, 0.2) is 48.8 Å². The third kappa shape index (κ3) is 5.25. The average molecular weight is 493 g/mol. The first-order valence-electron chi connectivity index (χ1n) is 12.0. The molecule has 2 aromatic heterocycles. The Hall–Kier alpha value is -4.12. The van der Waals surface area contributed by atoms with Gasteiger partial charge in [-0.25, -0.2) is 19.4 Å². The second-order valence-corrected chi connectivity index (χ2v) is 8.96. The maximum atomic E-state index is 12.8. The standard InChI is InChI=1S/C25H28N6O5/c26-23(32)36-25(34)31-14-6-17-3-4-19(15-21(17)31)35-20-5-9-27-22(16-20)28-24(33)30-12-7-18(8-13-30)29-10-1-2-11-29/h3-6,9,14-16,18H,1-2,7-8,10-13H2,(H2,26,32)(H,27,28,33). The maximum absolute atomic E-state index is 12.8. The van der Waals surface area contributed by atoms with Crippen molar-refractivity contribution < 1.29 is 23.9 Å². The van der Waals surface area contributed by atoms with Crippen LogP contribution in [0.2, 0.25) is 0 Å². The molecule has 0 saturated carbocycles. The second-order valence-electron chi connectivity index (χ2n) is 8.96. The zero-order chi connectivity index (χ0) is 25.1. The number of rotatable bonds is 4. The third-order valence-corrected chi connectivity index (χ3v) is 6.66. The van der Waals surface area contributed by atoms with Crippen molar-refractivity contribution in [3.05, 3.63) is 48.8 Å². The van der Waals surface area contributed by atoms with E-state index < -0.39 is 12.2 Å². The van der Waals surface area contributed by atoms with Gasteiger partial charge < -0.3 is 25.0 Å². The Morgan fingerprint density at radius 3 is 2.47 bits per heavy atom. The lowest BCUT2D eigenvalue weighted by atomic mass is 10.0. The van der Waals surface area contributed by atoms with Gasteiger partial charge in [-0.3, -0.25) is 9.88 Å². The van der Waals surface area contributed by atoms with E-state index in [1.54, 1.807) is 42.6 Å². The quantitative estimate of drug-likeness (QED) is 0.527. The van der Waals surface area contributed by atoms with E-state index in [9.17, 15) is 14.4 Å². The van der Waals surface area contributed by atoms with Crippen LogP contribution in [0.5, 0.6) is 11.5 Å². The predicted octanol–water partition coefficient (Wildman–Crippen LogP) is 3.98. The van der Waals surface area contributed by atoms with E-state index in [2.05, 4.69) is 19.9 Å². The number of anilines is 1. The van der Waals surface area contributed by atoms with Crippen LogP contribution >= 0.6 is 0 Å². The molecule has 0 bridgehead atoms. The fourth-order valence-corrected chi connectivity index (χ4v) is 4.87. The van der Waals surface area contributed by atoms with Crippen molar-refractivity contribution in [1.82, 2.24) is 19.4 Å². The molecule has 5 rings (SSSR count). The number of hydrogen-bond acceptors (Lipinski definition) is 7. The van der Waals surface area contributed by atoms with Crippen LogP contribution in [0.25, 0.3) is 10.9 Å². The van der Waals surface area contributed by atoms with Gasteiger partial charge in [0, 0.05) is 49.0 Å². The number of likely N-dealkylation sites (tertiary alicyclic amines) is 2. The van der Waals surface area contributed by atoms with Crippen molar-refractivity contribution in [2.24, 2.45) is 5.73 Å². The first-order valence-corrected chi connectivity index (χ1v) is 12.0. The van der Waals surface area contributed by atoms with Gasteiger partial charge in [0.05, 0.1) is 5.52 Å². The lowest BCUT2D eigenvalue weighted by Crippen LogP contribution is -2.47. The fourth-order valence-electron chi connectivity index (χ4n) is 4.87. The molecule has 0 unspecified atom stereocenters. The van der Waals surface area contributed by atoms with E-state index in [1.165, 1.54) is 32.1 Å². The van der Waals surface area contributed by atoms with E-state index in [0.29, 0.717) is 28.9 Å². The van der Waals surface area contributed by atoms with Gasteiger partial charge in [-0.2, -0.15) is 0 Å². The number of primary amides is 1. The molecule has 2 saturated heterocycles. The van der Waals surface area contributed by atoms with E-state index in [4.69, 9.17) is 10.5 Å². The smallest absolute Gasteiger partial charge is 0.427 e. The minimum absolute atomic E-state index is 0.174. The van der Waals surface area contributed by atoms with E-state index in [-0.39, 0.29) is 6.03 Å². The highest BCUT2D eigenvalue weighted by molar-refractivity contribution is 5.93. The van der Waals surface area contributed by atoms with Crippen LogP contribution in [0.4, 0.5) is 20.2 Å². The Morgan fingerprint density at radius 1 is 0.972 bits per heavy atom. The minimum atomic E-state index is -1.18.